The number of nitriles is 1. The maximum absolute atomic E-state index is 12.9. The van der Waals surface area contributed by atoms with Crippen LogP contribution in [0.1, 0.15) is 11.1 Å². The molecule has 0 bridgehead atoms. The second kappa shape index (κ2) is 5.48. The van der Waals surface area contributed by atoms with E-state index in [2.05, 4.69) is 10.3 Å². The molecule has 0 saturated heterocycles. The molecule has 2 rings (SSSR count). The van der Waals surface area contributed by atoms with E-state index in [-0.39, 0.29) is 5.56 Å². The van der Waals surface area contributed by atoms with Crippen molar-refractivity contribution in [3.63, 3.8) is 0 Å². The van der Waals surface area contributed by atoms with Crippen LogP contribution in [0.4, 0.5) is 10.1 Å². The fraction of sp³-hybridized carbons (Fsp3) is 0.0769. The third kappa shape index (κ3) is 2.96. The van der Waals surface area contributed by atoms with Gasteiger partial charge in [-0.1, -0.05) is 17.7 Å². The predicted octanol–water partition coefficient (Wildman–Crippen LogP) is 3.36. The molecule has 0 amide bonds. The molecule has 0 saturated carbocycles. The number of hydrogen-bond acceptors (Lipinski definition) is 3. The lowest BCUT2D eigenvalue weighted by Gasteiger charge is -2.08. The highest BCUT2D eigenvalue weighted by molar-refractivity contribution is 6.29. The van der Waals surface area contributed by atoms with Gasteiger partial charge in [-0.2, -0.15) is 5.26 Å². The van der Waals surface area contributed by atoms with Crippen LogP contribution < -0.4 is 5.32 Å². The number of nitrogens with zero attached hydrogens (tertiary/aromatic N) is 2. The Bertz CT molecular complexity index is 590. The number of halogens is 2. The van der Waals surface area contributed by atoms with E-state index in [4.69, 9.17) is 16.9 Å². The molecule has 0 fully saturated rings. The van der Waals surface area contributed by atoms with Crippen molar-refractivity contribution in [3.05, 3.63) is 58.6 Å². The summed E-state index contributed by atoms with van der Waals surface area (Å²) >= 11 is 5.68. The van der Waals surface area contributed by atoms with E-state index in [0.717, 1.165) is 5.56 Å². The van der Waals surface area contributed by atoms with E-state index in [1.807, 2.05) is 12.1 Å². The number of aromatic nitrogens is 1. The molecule has 90 valence electrons. The van der Waals surface area contributed by atoms with Crippen molar-refractivity contribution in [3.8, 4) is 6.07 Å². The van der Waals surface area contributed by atoms with E-state index < -0.39 is 5.82 Å². The molecule has 0 aliphatic rings. The lowest BCUT2D eigenvalue weighted by atomic mass is 10.2. The van der Waals surface area contributed by atoms with Crippen molar-refractivity contribution in [1.29, 1.82) is 5.26 Å². The van der Waals surface area contributed by atoms with Crippen LogP contribution in [-0.2, 0) is 6.54 Å². The van der Waals surface area contributed by atoms with E-state index in [1.54, 1.807) is 12.3 Å². The number of pyridine rings is 1. The lowest BCUT2D eigenvalue weighted by molar-refractivity contribution is 0.627. The van der Waals surface area contributed by atoms with Gasteiger partial charge in [-0.15, -0.1) is 0 Å². The van der Waals surface area contributed by atoms with Crippen molar-refractivity contribution in [2.75, 3.05) is 5.32 Å². The Morgan fingerprint density at radius 3 is 2.83 bits per heavy atom. The average Bonchev–Trinajstić information content (AvgIpc) is 2.39. The Labute approximate surface area is 109 Å². The van der Waals surface area contributed by atoms with Crippen LogP contribution in [0.25, 0.3) is 0 Å². The van der Waals surface area contributed by atoms with Gasteiger partial charge in [0.25, 0.3) is 0 Å². The number of benzene rings is 1. The molecule has 1 aromatic carbocycles. The third-order valence-corrected chi connectivity index (χ3v) is 2.60. The van der Waals surface area contributed by atoms with Gasteiger partial charge in [-0.3, -0.25) is 0 Å². The molecule has 0 radical (unpaired) electrons. The van der Waals surface area contributed by atoms with Crippen LogP contribution in [0.5, 0.6) is 0 Å². The quantitative estimate of drug-likeness (QED) is 0.862. The van der Waals surface area contributed by atoms with Crippen molar-refractivity contribution in [2.45, 2.75) is 6.54 Å². The van der Waals surface area contributed by atoms with Gasteiger partial charge in [0.2, 0.25) is 0 Å². The molecular weight excluding hydrogens is 253 g/mol. The Hall–Kier alpha value is -2.12. The van der Waals surface area contributed by atoms with Gasteiger partial charge in [0.05, 0.1) is 11.3 Å². The SMILES string of the molecule is N#Cc1cc(F)ccc1NCc1ccc(Cl)nc1. The summed E-state index contributed by atoms with van der Waals surface area (Å²) in [6, 6.07) is 9.51. The van der Waals surface area contributed by atoms with Crippen molar-refractivity contribution >= 4 is 17.3 Å². The highest BCUT2D eigenvalue weighted by Crippen LogP contribution is 2.17. The van der Waals surface area contributed by atoms with Gasteiger partial charge in [0, 0.05) is 12.7 Å². The molecular formula is C13H9ClFN3. The molecule has 18 heavy (non-hydrogen) atoms. The standard InChI is InChI=1S/C13H9ClFN3/c14-13-4-1-9(8-18-13)7-17-12-3-2-11(15)5-10(12)6-16/h1-5,8,17H,7H2. The summed E-state index contributed by atoms with van der Waals surface area (Å²) in [5, 5.41) is 12.4. The van der Waals surface area contributed by atoms with Crippen LogP contribution >= 0.6 is 11.6 Å². The monoisotopic (exact) mass is 261 g/mol. The van der Waals surface area contributed by atoms with E-state index >= 15 is 0 Å². The molecule has 3 nitrogen and oxygen atoms in total. The smallest absolute Gasteiger partial charge is 0.129 e. The first-order valence-corrected chi connectivity index (χ1v) is 5.61. The topological polar surface area (TPSA) is 48.7 Å². The zero-order valence-electron chi connectivity index (χ0n) is 9.32. The Morgan fingerprint density at radius 1 is 1.33 bits per heavy atom. The van der Waals surface area contributed by atoms with E-state index in [0.29, 0.717) is 17.4 Å². The zero-order chi connectivity index (χ0) is 13.0. The predicted molar refractivity (Wildman–Crippen MR) is 67.7 cm³/mol. The van der Waals surface area contributed by atoms with Gasteiger partial charge in [0.15, 0.2) is 0 Å². The van der Waals surface area contributed by atoms with Crippen molar-refractivity contribution < 1.29 is 4.39 Å². The average molecular weight is 262 g/mol. The maximum Gasteiger partial charge on any atom is 0.129 e. The van der Waals surface area contributed by atoms with Crippen LogP contribution in [-0.4, -0.2) is 4.98 Å². The molecule has 0 aliphatic carbocycles. The highest BCUT2D eigenvalue weighted by Gasteiger charge is 2.03. The van der Waals surface area contributed by atoms with Crippen LogP contribution in [0, 0.1) is 17.1 Å². The number of hydrogen-bond donors (Lipinski definition) is 1. The molecule has 0 spiro atoms. The van der Waals surface area contributed by atoms with E-state index in [9.17, 15) is 4.39 Å². The fourth-order valence-electron chi connectivity index (χ4n) is 1.47. The molecule has 1 N–H and O–H groups in total. The van der Waals surface area contributed by atoms with Gasteiger partial charge in [-0.25, -0.2) is 9.37 Å². The summed E-state index contributed by atoms with van der Waals surface area (Å²) in [7, 11) is 0. The number of nitrogens with one attached hydrogen (secondary N) is 1. The first-order valence-electron chi connectivity index (χ1n) is 5.23. The minimum absolute atomic E-state index is 0.275. The van der Waals surface area contributed by atoms with Crippen molar-refractivity contribution in [2.24, 2.45) is 0 Å². The highest BCUT2D eigenvalue weighted by atomic mass is 35.5. The van der Waals surface area contributed by atoms with Gasteiger partial charge in [-0.05, 0) is 29.8 Å². The third-order valence-electron chi connectivity index (χ3n) is 2.37. The molecule has 5 heteroatoms. The van der Waals surface area contributed by atoms with Gasteiger partial charge >= 0.3 is 0 Å². The first-order chi connectivity index (χ1) is 8.69. The molecule has 1 aromatic heterocycles. The summed E-state index contributed by atoms with van der Waals surface area (Å²) < 4.78 is 12.9. The Balaban J connectivity index is 2.11. The Morgan fingerprint density at radius 2 is 2.17 bits per heavy atom. The van der Waals surface area contributed by atoms with Crippen LogP contribution in [0.2, 0.25) is 5.15 Å². The molecule has 0 aliphatic heterocycles. The van der Waals surface area contributed by atoms with Crippen LogP contribution in [0.3, 0.4) is 0 Å². The summed E-state index contributed by atoms with van der Waals surface area (Å²) in [5.41, 5.74) is 1.79. The summed E-state index contributed by atoms with van der Waals surface area (Å²) in [5.74, 6) is -0.426. The van der Waals surface area contributed by atoms with Gasteiger partial charge in [0.1, 0.15) is 17.0 Å². The molecule has 1 heterocycles. The molecule has 0 unspecified atom stereocenters. The second-order valence-corrected chi connectivity index (χ2v) is 4.03. The van der Waals surface area contributed by atoms with Gasteiger partial charge < -0.3 is 5.32 Å². The molecule has 0 atom stereocenters. The molecule has 2 aromatic rings. The normalized spacial score (nSPS) is 9.83. The van der Waals surface area contributed by atoms with E-state index in [1.165, 1.54) is 18.2 Å². The largest absolute Gasteiger partial charge is 0.380 e. The van der Waals surface area contributed by atoms with Crippen molar-refractivity contribution in [1.82, 2.24) is 4.98 Å². The summed E-state index contributed by atoms with van der Waals surface area (Å²) in [6.07, 6.45) is 1.64. The minimum atomic E-state index is -0.426. The fourth-order valence-corrected chi connectivity index (χ4v) is 1.58. The summed E-state index contributed by atoms with van der Waals surface area (Å²) in [6.45, 7) is 0.491. The lowest BCUT2D eigenvalue weighted by Crippen LogP contribution is -2.02. The number of anilines is 1. The maximum atomic E-state index is 12.9. The zero-order valence-corrected chi connectivity index (χ0v) is 10.1. The Kier molecular flexibility index (Phi) is 3.75. The van der Waals surface area contributed by atoms with Crippen LogP contribution in [0.15, 0.2) is 36.5 Å². The summed E-state index contributed by atoms with van der Waals surface area (Å²) in [4.78, 5) is 3.95. The number of rotatable bonds is 3. The first kappa shape index (κ1) is 12.3. The second-order valence-electron chi connectivity index (χ2n) is 3.64. The minimum Gasteiger partial charge on any atom is -0.380 e.